The molecule has 0 unspecified atom stereocenters. The SMILES string of the molecule is CCCCOC(=O)N1CCN(C(=O)[C@H](CCP(=O)(O)O)NC(=O)c2cc(N3CC[C@H](OC)C3)nc(-c3ccccc3)n2)CC1. The topological polar surface area (TPSA) is 175 Å². The minimum Gasteiger partial charge on any atom is -0.449 e. The van der Waals surface area contributed by atoms with Crippen molar-refractivity contribution in [3.63, 3.8) is 0 Å². The molecule has 0 radical (unpaired) electrons. The summed E-state index contributed by atoms with van der Waals surface area (Å²) in [6, 6.07) is 9.51. The van der Waals surface area contributed by atoms with E-state index in [1.165, 1.54) is 9.80 Å². The smallest absolute Gasteiger partial charge is 0.409 e. The summed E-state index contributed by atoms with van der Waals surface area (Å²) in [7, 11) is -2.82. The minimum atomic E-state index is -4.47. The summed E-state index contributed by atoms with van der Waals surface area (Å²) >= 11 is 0. The van der Waals surface area contributed by atoms with Crippen LogP contribution in [0.2, 0.25) is 0 Å². The van der Waals surface area contributed by atoms with Gasteiger partial charge in [0.1, 0.15) is 17.6 Å². The number of aromatic nitrogens is 2. The molecule has 2 aliphatic heterocycles. The van der Waals surface area contributed by atoms with Gasteiger partial charge in [-0.05, 0) is 19.3 Å². The van der Waals surface area contributed by atoms with Gasteiger partial charge in [0.05, 0.1) is 18.9 Å². The van der Waals surface area contributed by atoms with Crippen LogP contribution in [-0.4, -0.2) is 119 Å². The van der Waals surface area contributed by atoms with Crippen LogP contribution in [0.15, 0.2) is 36.4 Å². The quantitative estimate of drug-likeness (QED) is 0.231. The van der Waals surface area contributed by atoms with Crippen LogP contribution >= 0.6 is 7.60 Å². The molecular formula is C29H41N6O8P. The fourth-order valence-electron chi connectivity index (χ4n) is 5.07. The zero-order valence-electron chi connectivity index (χ0n) is 25.1. The summed E-state index contributed by atoms with van der Waals surface area (Å²) in [6.45, 7) is 4.44. The van der Waals surface area contributed by atoms with E-state index in [0.29, 0.717) is 36.9 Å². The third kappa shape index (κ3) is 9.21. The summed E-state index contributed by atoms with van der Waals surface area (Å²) in [5, 5.41) is 2.68. The Hall–Kier alpha value is -3.58. The number of nitrogens with zero attached hydrogens (tertiary/aromatic N) is 5. The highest BCUT2D eigenvalue weighted by Gasteiger charge is 2.33. The average Bonchev–Trinajstić information content (AvgIpc) is 3.52. The number of amides is 3. The second kappa shape index (κ2) is 15.4. The van der Waals surface area contributed by atoms with Crippen LogP contribution in [-0.2, 0) is 18.8 Å². The van der Waals surface area contributed by atoms with E-state index in [1.807, 2.05) is 42.2 Å². The number of carbonyl (C=O) groups excluding carboxylic acids is 3. The van der Waals surface area contributed by atoms with Crippen LogP contribution in [0.1, 0.15) is 43.1 Å². The number of hydrogen-bond donors (Lipinski definition) is 3. The standard InChI is InChI=1S/C29H41N6O8P/c1-3-4-17-43-29(38)34-15-13-33(14-16-34)28(37)23(11-18-44(39,40)41)31-27(36)24-19-25(35-12-10-22(20-35)42-2)32-26(30-24)21-8-6-5-7-9-21/h5-9,19,22-23H,3-4,10-18,20H2,1-2H3,(H,31,36)(H2,39,40,41)/t22-,23-/m0/s1. The van der Waals surface area contributed by atoms with E-state index in [-0.39, 0.29) is 44.4 Å². The number of ether oxygens (including phenoxy) is 2. The molecule has 4 rings (SSSR count). The van der Waals surface area contributed by atoms with Gasteiger partial charge in [-0.1, -0.05) is 43.7 Å². The molecule has 0 aliphatic carbocycles. The van der Waals surface area contributed by atoms with Gasteiger partial charge in [0.2, 0.25) is 5.91 Å². The molecule has 2 fully saturated rings. The van der Waals surface area contributed by atoms with Crippen LogP contribution in [0.25, 0.3) is 11.4 Å². The van der Waals surface area contributed by atoms with E-state index in [4.69, 9.17) is 14.5 Å². The zero-order valence-corrected chi connectivity index (χ0v) is 26.0. The Labute approximate surface area is 256 Å². The maximum atomic E-state index is 13.6. The molecule has 3 amide bonds. The molecule has 0 bridgehead atoms. The number of anilines is 1. The number of benzene rings is 1. The highest BCUT2D eigenvalue weighted by molar-refractivity contribution is 7.51. The summed E-state index contributed by atoms with van der Waals surface area (Å²) in [5.41, 5.74) is 0.717. The molecule has 1 aromatic carbocycles. The van der Waals surface area contributed by atoms with E-state index in [1.54, 1.807) is 13.2 Å². The maximum absolute atomic E-state index is 13.6. The largest absolute Gasteiger partial charge is 0.449 e. The lowest BCUT2D eigenvalue weighted by Crippen LogP contribution is -2.56. The molecule has 2 aromatic rings. The van der Waals surface area contributed by atoms with Gasteiger partial charge in [-0.25, -0.2) is 14.8 Å². The normalized spacial score (nSPS) is 17.8. The van der Waals surface area contributed by atoms with Crippen molar-refractivity contribution in [2.24, 2.45) is 0 Å². The molecule has 0 saturated carbocycles. The number of methoxy groups -OCH3 is 1. The molecule has 240 valence electrons. The number of unbranched alkanes of at least 4 members (excludes halogenated alkanes) is 1. The van der Waals surface area contributed by atoms with Gasteiger partial charge in [-0.2, -0.15) is 0 Å². The Balaban J connectivity index is 1.52. The van der Waals surface area contributed by atoms with Crippen molar-refractivity contribution in [2.45, 2.75) is 44.8 Å². The van der Waals surface area contributed by atoms with Gasteiger partial charge in [0, 0.05) is 58.0 Å². The molecule has 1 aromatic heterocycles. The first kappa shape index (κ1) is 33.3. The van der Waals surface area contributed by atoms with Crippen LogP contribution in [0.4, 0.5) is 10.6 Å². The third-order valence-corrected chi connectivity index (χ3v) is 8.51. The number of rotatable bonds is 12. The lowest BCUT2D eigenvalue weighted by Gasteiger charge is -2.36. The van der Waals surface area contributed by atoms with Crippen molar-refractivity contribution in [3.8, 4) is 11.4 Å². The summed E-state index contributed by atoms with van der Waals surface area (Å²) in [5.74, 6) is -0.306. The van der Waals surface area contributed by atoms with Crippen molar-refractivity contribution in [1.82, 2.24) is 25.1 Å². The molecule has 14 nitrogen and oxygen atoms in total. The number of piperazine rings is 1. The highest BCUT2D eigenvalue weighted by Crippen LogP contribution is 2.35. The first-order chi connectivity index (χ1) is 21.1. The van der Waals surface area contributed by atoms with E-state index in [0.717, 1.165) is 19.3 Å². The van der Waals surface area contributed by atoms with Crippen molar-refractivity contribution < 1.29 is 38.2 Å². The van der Waals surface area contributed by atoms with Crippen LogP contribution in [0.3, 0.4) is 0 Å². The number of hydrogen-bond acceptors (Lipinski definition) is 9. The maximum Gasteiger partial charge on any atom is 0.409 e. The molecule has 44 heavy (non-hydrogen) atoms. The predicted octanol–water partition coefficient (Wildman–Crippen LogP) is 2.12. The minimum absolute atomic E-state index is 0.0170. The Bertz CT molecular complexity index is 1330. The first-order valence-corrected chi connectivity index (χ1v) is 16.7. The molecule has 2 aliphatic rings. The van der Waals surface area contributed by atoms with E-state index >= 15 is 0 Å². The van der Waals surface area contributed by atoms with E-state index < -0.39 is 37.7 Å². The van der Waals surface area contributed by atoms with Gasteiger partial charge < -0.3 is 39.3 Å². The van der Waals surface area contributed by atoms with Gasteiger partial charge in [0.25, 0.3) is 5.91 Å². The molecule has 0 spiro atoms. The fourth-order valence-corrected chi connectivity index (χ4v) is 5.66. The van der Waals surface area contributed by atoms with Crippen molar-refractivity contribution in [1.29, 1.82) is 0 Å². The highest BCUT2D eigenvalue weighted by atomic mass is 31.2. The van der Waals surface area contributed by atoms with Crippen molar-refractivity contribution in [3.05, 3.63) is 42.1 Å². The predicted molar refractivity (Wildman–Crippen MR) is 162 cm³/mol. The number of carbonyl (C=O) groups is 3. The van der Waals surface area contributed by atoms with Gasteiger partial charge in [-0.3, -0.25) is 14.2 Å². The Morgan fingerprint density at radius 3 is 2.41 bits per heavy atom. The zero-order chi connectivity index (χ0) is 31.7. The van der Waals surface area contributed by atoms with Crippen molar-refractivity contribution >= 4 is 31.3 Å². The monoisotopic (exact) mass is 632 g/mol. The Morgan fingerprint density at radius 1 is 1.07 bits per heavy atom. The first-order valence-electron chi connectivity index (χ1n) is 14.9. The Kier molecular flexibility index (Phi) is 11.7. The number of nitrogens with one attached hydrogen (secondary N) is 1. The second-order valence-electron chi connectivity index (χ2n) is 10.9. The summed E-state index contributed by atoms with van der Waals surface area (Å²) in [4.78, 5) is 72.8. The lowest BCUT2D eigenvalue weighted by molar-refractivity contribution is -0.134. The molecule has 3 N–H and O–H groups in total. The van der Waals surface area contributed by atoms with Gasteiger partial charge >= 0.3 is 13.7 Å². The van der Waals surface area contributed by atoms with Crippen LogP contribution in [0.5, 0.6) is 0 Å². The van der Waals surface area contributed by atoms with Gasteiger partial charge in [0.15, 0.2) is 5.82 Å². The average molecular weight is 633 g/mol. The van der Waals surface area contributed by atoms with Crippen LogP contribution < -0.4 is 10.2 Å². The third-order valence-electron chi connectivity index (χ3n) is 7.67. The molecular weight excluding hydrogens is 591 g/mol. The summed E-state index contributed by atoms with van der Waals surface area (Å²) in [6.07, 6.45) is 1.16. The molecule has 2 atom stereocenters. The second-order valence-corrected chi connectivity index (χ2v) is 12.7. The molecule has 2 saturated heterocycles. The lowest BCUT2D eigenvalue weighted by atomic mass is 10.1. The van der Waals surface area contributed by atoms with Crippen molar-refractivity contribution in [2.75, 3.05) is 64.0 Å². The summed E-state index contributed by atoms with van der Waals surface area (Å²) < 4.78 is 22.5. The van der Waals surface area contributed by atoms with E-state index in [2.05, 4.69) is 10.3 Å². The van der Waals surface area contributed by atoms with E-state index in [9.17, 15) is 28.7 Å². The fraction of sp³-hybridized carbons (Fsp3) is 0.552. The van der Waals surface area contributed by atoms with Gasteiger partial charge in [-0.15, -0.1) is 0 Å². The molecule has 3 heterocycles. The Morgan fingerprint density at radius 2 is 1.77 bits per heavy atom. The molecule has 15 heteroatoms. The van der Waals surface area contributed by atoms with Crippen LogP contribution in [0, 0.1) is 0 Å².